The second kappa shape index (κ2) is 13.0. The molecule has 0 heterocycles. The Kier molecular flexibility index (Phi) is 10.4. The highest BCUT2D eigenvalue weighted by molar-refractivity contribution is 6.33. The van der Waals surface area contributed by atoms with E-state index in [-0.39, 0.29) is 32.7 Å². The number of benzene rings is 2. The summed E-state index contributed by atoms with van der Waals surface area (Å²) in [5, 5.41) is 0.404. The van der Waals surface area contributed by atoms with Crippen molar-refractivity contribution in [2.75, 3.05) is 35.5 Å². The number of carbonyl (C=O) groups is 3. The maximum Gasteiger partial charge on any atom is 0.341 e. The van der Waals surface area contributed by atoms with Crippen LogP contribution in [-0.4, -0.2) is 53.5 Å². The molecule has 8 nitrogen and oxygen atoms in total. The van der Waals surface area contributed by atoms with E-state index in [1.54, 1.807) is 30.3 Å². The van der Waals surface area contributed by atoms with Crippen LogP contribution in [0, 0.1) is 0 Å². The number of halogens is 2. The minimum Gasteiger partial charge on any atom is -0.494 e. The van der Waals surface area contributed by atoms with Gasteiger partial charge in [0.2, 0.25) is 0 Å². The Bertz CT molecular complexity index is 1050. The number of esters is 3. The van der Waals surface area contributed by atoms with Crippen LogP contribution < -0.4 is 9.47 Å². The van der Waals surface area contributed by atoms with Crippen LogP contribution in [0.5, 0.6) is 11.5 Å². The first-order chi connectivity index (χ1) is 16.7. The van der Waals surface area contributed by atoms with Crippen LogP contribution in [0.2, 0.25) is 10.0 Å². The summed E-state index contributed by atoms with van der Waals surface area (Å²) in [6, 6.07) is 6.55. The molecule has 0 saturated heterocycles. The van der Waals surface area contributed by atoms with Gasteiger partial charge in [-0.15, -0.1) is 0 Å². The number of methoxy groups -OCH3 is 5. The van der Waals surface area contributed by atoms with Gasteiger partial charge in [-0.1, -0.05) is 29.3 Å². The highest BCUT2D eigenvalue weighted by Crippen LogP contribution is 2.40. The molecule has 0 unspecified atom stereocenters. The number of hydrogen-bond acceptors (Lipinski definition) is 8. The number of hydrogen-bond donors (Lipinski definition) is 0. The van der Waals surface area contributed by atoms with Crippen molar-refractivity contribution in [3.8, 4) is 11.5 Å². The minimum absolute atomic E-state index is 0.139. The molecule has 0 aliphatic carbocycles. The van der Waals surface area contributed by atoms with Gasteiger partial charge in [-0.2, -0.15) is 0 Å². The van der Waals surface area contributed by atoms with Crippen molar-refractivity contribution in [3.05, 3.63) is 68.7 Å². The van der Waals surface area contributed by atoms with E-state index in [1.165, 1.54) is 41.6 Å². The SMILES string of the molecule is COC(=O)C=CCCC(c1cc(Cl)c(OC)c(C(=O)OC)c1)c1cc(Cl)c(OC)c(C(=O)OC)c1. The molecule has 35 heavy (non-hydrogen) atoms. The van der Waals surface area contributed by atoms with Gasteiger partial charge in [0, 0.05) is 12.0 Å². The number of rotatable bonds is 10. The van der Waals surface area contributed by atoms with Gasteiger partial charge < -0.3 is 23.7 Å². The first-order valence-corrected chi connectivity index (χ1v) is 11.1. The van der Waals surface area contributed by atoms with Crippen molar-refractivity contribution in [2.24, 2.45) is 0 Å². The molecule has 0 spiro atoms. The van der Waals surface area contributed by atoms with E-state index in [2.05, 4.69) is 4.74 Å². The molecule has 2 aromatic rings. The quantitative estimate of drug-likeness (QED) is 0.237. The number of ether oxygens (including phenoxy) is 5. The monoisotopic (exact) mass is 524 g/mol. The van der Waals surface area contributed by atoms with E-state index in [0.717, 1.165) is 0 Å². The van der Waals surface area contributed by atoms with E-state index in [1.807, 2.05) is 0 Å². The van der Waals surface area contributed by atoms with Crippen molar-refractivity contribution >= 4 is 41.1 Å². The zero-order valence-electron chi connectivity index (χ0n) is 20.0. The van der Waals surface area contributed by atoms with Crippen LogP contribution in [0.4, 0.5) is 0 Å². The smallest absolute Gasteiger partial charge is 0.341 e. The molecule has 0 radical (unpaired) electrons. The molecule has 0 saturated carbocycles. The molecule has 0 N–H and O–H groups in total. The molecule has 0 fully saturated rings. The lowest BCUT2D eigenvalue weighted by atomic mass is 9.85. The summed E-state index contributed by atoms with van der Waals surface area (Å²) >= 11 is 12.9. The Hall–Kier alpha value is -3.23. The van der Waals surface area contributed by atoms with E-state index >= 15 is 0 Å². The fourth-order valence-corrected chi connectivity index (χ4v) is 4.22. The van der Waals surface area contributed by atoms with Gasteiger partial charge in [0.1, 0.15) is 11.1 Å². The van der Waals surface area contributed by atoms with Crippen LogP contribution in [0.25, 0.3) is 0 Å². The van der Waals surface area contributed by atoms with E-state index in [9.17, 15) is 14.4 Å². The Morgan fingerprint density at radius 2 is 1.23 bits per heavy atom. The molecular formula is C25H26Cl2O8. The molecule has 0 amide bonds. The summed E-state index contributed by atoms with van der Waals surface area (Å²) in [4.78, 5) is 36.3. The van der Waals surface area contributed by atoms with Crippen LogP contribution in [-0.2, 0) is 19.0 Å². The van der Waals surface area contributed by atoms with Crippen molar-refractivity contribution in [3.63, 3.8) is 0 Å². The normalized spacial score (nSPS) is 10.9. The summed E-state index contributed by atoms with van der Waals surface area (Å²) in [6.45, 7) is 0. The minimum atomic E-state index is -0.627. The van der Waals surface area contributed by atoms with Crippen LogP contribution in [0.1, 0.15) is 50.6 Å². The van der Waals surface area contributed by atoms with E-state index < -0.39 is 23.8 Å². The Labute approximate surface area is 213 Å². The highest BCUT2D eigenvalue weighted by atomic mass is 35.5. The van der Waals surface area contributed by atoms with Gasteiger partial charge in [0.05, 0.1) is 45.6 Å². The third kappa shape index (κ3) is 6.68. The van der Waals surface area contributed by atoms with Crippen molar-refractivity contribution in [1.29, 1.82) is 0 Å². The molecule has 0 aliphatic rings. The molecule has 0 bridgehead atoms. The zero-order valence-corrected chi connectivity index (χ0v) is 21.5. The summed E-state index contributed by atoms with van der Waals surface area (Å²) in [5.74, 6) is -1.79. The topological polar surface area (TPSA) is 97.4 Å². The highest BCUT2D eigenvalue weighted by Gasteiger charge is 2.25. The molecule has 10 heteroatoms. The van der Waals surface area contributed by atoms with Gasteiger partial charge in [0.25, 0.3) is 0 Å². The van der Waals surface area contributed by atoms with Gasteiger partial charge in [0.15, 0.2) is 11.5 Å². The van der Waals surface area contributed by atoms with E-state index in [4.69, 9.17) is 42.1 Å². The molecule has 0 aromatic heterocycles. The van der Waals surface area contributed by atoms with Crippen molar-refractivity contribution < 1.29 is 38.1 Å². The Morgan fingerprint density at radius 1 is 0.771 bits per heavy atom. The third-order valence-electron chi connectivity index (χ3n) is 5.23. The molecule has 0 atom stereocenters. The predicted molar refractivity (Wildman–Crippen MR) is 131 cm³/mol. The maximum absolute atomic E-state index is 12.4. The number of allylic oxidation sites excluding steroid dienone is 1. The lowest BCUT2D eigenvalue weighted by Gasteiger charge is -2.22. The van der Waals surface area contributed by atoms with Crippen LogP contribution >= 0.6 is 23.2 Å². The summed E-state index contributed by atoms with van der Waals surface area (Å²) < 4.78 is 25.0. The van der Waals surface area contributed by atoms with Crippen LogP contribution in [0.15, 0.2) is 36.4 Å². The van der Waals surface area contributed by atoms with Crippen molar-refractivity contribution in [2.45, 2.75) is 18.8 Å². The Morgan fingerprint density at radius 3 is 1.60 bits per heavy atom. The fraction of sp³-hybridized carbons (Fsp3) is 0.320. The summed E-state index contributed by atoms with van der Waals surface area (Å²) in [6.07, 6.45) is 3.89. The third-order valence-corrected chi connectivity index (χ3v) is 5.79. The molecular weight excluding hydrogens is 499 g/mol. The van der Waals surface area contributed by atoms with Crippen molar-refractivity contribution in [1.82, 2.24) is 0 Å². The maximum atomic E-state index is 12.4. The fourth-order valence-electron chi connectivity index (χ4n) is 3.61. The second-order valence-electron chi connectivity index (χ2n) is 7.21. The number of carbonyl (C=O) groups excluding carboxylic acids is 3. The predicted octanol–water partition coefficient (Wildman–Crippen LogP) is 5.23. The first-order valence-electron chi connectivity index (χ1n) is 10.4. The Balaban J connectivity index is 2.69. The lowest BCUT2D eigenvalue weighted by molar-refractivity contribution is -0.134. The first kappa shape index (κ1) is 28.0. The standard InChI is InChI=1S/C25H26Cl2O8/c1-31-21(28)9-7-6-8-16(14-10-17(24(29)34-4)22(32-2)19(26)12-14)15-11-18(25(30)35-5)23(33-3)20(27)13-15/h7,9-13,16H,6,8H2,1-5H3. The van der Waals surface area contributed by atoms with Gasteiger partial charge in [-0.25, -0.2) is 14.4 Å². The summed E-state index contributed by atoms with van der Waals surface area (Å²) in [5.41, 5.74) is 1.56. The molecule has 2 rings (SSSR count). The average molecular weight is 525 g/mol. The van der Waals surface area contributed by atoms with Crippen LogP contribution in [0.3, 0.4) is 0 Å². The second-order valence-corrected chi connectivity index (χ2v) is 8.02. The lowest BCUT2D eigenvalue weighted by Crippen LogP contribution is -2.10. The molecule has 0 aliphatic heterocycles. The molecule has 188 valence electrons. The van der Waals surface area contributed by atoms with Gasteiger partial charge in [-0.05, 0) is 48.2 Å². The largest absolute Gasteiger partial charge is 0.494 e. The summed E-state index contributed by atoms with van der Waals surface area (Å²) in [7, 11) is 6.59. The molecule has 2 aromatic carbocycles. The average Bonchev–Trinajstić information content (AvgIpc) is 2.86. The van der Waals surface area contributed by atoms with E-state index in [0.29, 0.717) is 24.0 Å². The van der Waals surface area contributed by atoms with Gasteiger partial charge >= 0.3 is 17.9 Å². The van der Waals surface area contributed by atoms with Gasteiger partial charge in [-0.3, -0.25) is 0 Å². The zero-order chi connectivity index (χ0) is 26.1.